The minimum Gasteiger partial charge on any atom is -0.479 e. The van der Waals surface area contributed by atoms with Crippen LogP contribution in [0.1, 0.15) is 76.2 Å². The number of pyridine rings is 1. The number of hydrogen-bond acceptors (Lipinski definition) is 8. The number of oxime groups is 1. The second-order valence-electron chi connectivity index (χ2n) is 12.8. The Bertz CT molecular complexity index is 1520. The van der Waals surface area contributed by atoms with Crippen LogP contribution in [-0.4, -0.2) is 81.5 Å². The second kappa shape index (κ2) is 13.9. The maximum atomic E-state index is 14.1. The molecule has 0 bridgehead atoms. The Labute approximate surface area is 267 Å². The van der Waals surface area contributed by atoms with Gasteiger partial charge in [0.05, 0.1) is 18.3 Å². The number of carbonyl (C=O) groups excluding carboxylic acids is 3. The van der Waals surface area contributed by atoms with Crippen LogP contribution in [0.15, 0.2) is 53.8 Å². The van der Waals surface area contributed by atoms with E-state index in [2.05, 4.69) is 20.8 Å². The number of allylic oxidation sites excluding steroid dienone is 1. The maximum Gasteiger partial charge on any atom is 0.408 e. The van der Waals surface area contributed by atoms with Crippen molar-refractivity contribution >= 4 is 41.0 Å². The summed E-state index contributed by atoms with van der Waals surface area (Å²) < 4.78 is 5.60. The predicted octanol–water partition coefficient (Wildman–Crippen LogP) is 4.07. The molecule has 6 rings (SSSR count). The van der Waals surface area contributed by atoms with Gasteiger partial charge in [0.1, 0.15) is 29.8 Å². The zero-order chi connectivity index (χ0) is 32.1. The van der Waals surface area contributed by atoms with Crippen molar-refractivity contribution in [3.05, 3.63) is 54.2 Å². The number of carboxylic acid groups (broad SMARTS) is 1. The van der Waals surface area contributed by atoms with Crippen LogP contribution in [0.5, 0.6) is 0 Å². The number of amides is 3. The molecule has 0 radical (unpaired) electrons. The number of fused-ring (bicyclic) bond motifs is 3. The lowest BCUT2D eigenvalue weighted by Gasteiger charge is -2.29. The van der Waals surface area contributed by atoms with Crippen molar-refractivity contribution in [2.75, 3.05) is 6.54 Å². The number of aliphatic carboxylic acids is 1. The van der Waals surface area contributed by atoms with E-state index in [0.29, 0.717) is 12.8 Å². The first-order valence-corrected chi connectivity index (χ1v) is 16.4. The molecule has 46 heavy (non-hydrogen) atoms. The third-order valence-corrected chi connectivity index (χ3v) is 9.51. The van der Waals surface area contributed by atoms with Crippen LogP contribution in [0.3, 0.4) is 0 Å². The molecule has 1 aromatic heterocycles. The minimum absolute atomic E-state index is 0.0451. The van der Waals surface area contributed by atoms with Gasteiger partial charge in [-0.05, 0) is 63.5 Å². The molecule has 2 aromatic rings. The third-order valence-electron chi connectivity index (χ3n) is 9.51. The molecular weight excluding hydrogens is 590 g/mol. The summed E-state index contributed by atoms with van der Waals surface area (Å²) in [6, 6.07) is 7.73. The highest BCUT2D eigenvalue weighted by Crippen LogP contribution is 2.45. The molecule has 4 aliphatic rings. The molecule has 3 N–H and O–H groups in total. The van der Waals surface area contributed by atoms with Crippen molar-refractivity contribution in [1.29, 1.82) is 0 Å². The number of para-hydroxylation sites is 1. The number of nitrogens with zero attached hydrogens (tertiary/aromatic N) is 3. The summed E-state index contributed by atoms with van der Waals surface area (Å²) in [5, 5.41) is 20.7. The molecular formula is C34H41N5O7. The van der Waals surface area contributed by atoms with E-state index in [1.54, 1.807) is 6.20 Å². The molecule has 3 fully saturated rings. The Hall–Kier alpha value is -4.48. The van der Waals surface area contributed by atoms with Gasteiger partial charge in [-0.2, -0.15) is 0 Å². The smallest absolute Gasteiger partial charge is 0.408 e. The van der Waals surface area contributed by atoms with E-state index in [9.17, 15) is 24.3 Å². The molecule has 3 amide bonds. The quantitative estimate of drug-likeness (QED) is 0.244. The molecule has 0 unspecified atom stereocenters. The number of hydrogen-bond donors (Lipinski definition) is 3. The standard InChI is InChI=1S/C34H41N5O7/c40-30-29-17-26(46-36-20-22-16-23-10-6-9-14-27(23)35-19-22)21-39(29)31(41)28(37-33(44)45-25-12-7-8-13-25)15-5-3-1-2-4-11-24-18-34(24,38-30)32(42)43/h4,6,9-11,14,16,19-20,24-26,28-29H,1-3,5,7-8,12-13,15,17-18,21H2,(H,37,44)(H,38,40)(H,42,43)/b11-4-,36-20+/t24-,26-,28+,29+,34+/m1/s1. The first kappa shape index (κ1) is 31.5. The monoisotopic (exact) mass is 631 g/mol. The van der Waals surface area contributed by atoms with Crippen molar-refractivity contribution in [2.45, 2.75) is 100 Å². The Morgan fingerprint density at radius 2 is 1.89 bits per heavy atom. The Kier molecular flexibility index (Phi) is 9.51. The van der Waals surface area contributed by atoms with Crippen molar-refractivity contribution in [3.63, 3.8) is 0 Å². The van der Waals surface area contributed by atoms with Gasteiger partial charge >= 0.3 is 12.1 Å². The first-order valence-electron chi connectivity index (χ1n) is 16.4. The molecule has 3 heterocycles. The molecule has 2 aliphatic carbocycles. The van der Waals surface area contributed by atoms with E-state index in [-0.39, 0.29) is 31.4 Å². The molecule has 1 saturated heterocycles. The van der Waals surface area contributed by atoms with Crippen LogP contribution < -0.4 is 10.6 Å². The SMILES string of the molecule is O=C(N[C@H]1CCCCC/C=C\[C@@H]2C[C@]2(C(=O)O)NC(=O)[C@@H]2C[C@@H](O/N=C/c3cnc4ccccc4c3)CN2C1=O)OC1CCCC1. The fraction of sp³-hybridized carbons (Fsp3) is 0.529. The van der Waals surface area contributed by atoms with Crippen molar-refractivity contribution in [3.8, 4) is 0 Å². The third kappa shape index (κ3) is 7.16. The molecule has 1 aromatic carbocycles. The lowest BCUT2D eigenvalue weighted by atomic mass is 10.0. The molecule has 5 atom stereocenters. The van der Waals surface area contributed by atoms with E-state index in [4.69, 9.17) is 9.57 Å². The van der Waals surface area contributed by atoms with E-state index >= 15 is 0 Å². The number of benzene rings is 1. The summed E-state index contributed by atoms with van der Waals surface area (Å²) in [6.07, 6.45) is 13.1. The second-order valence-corrected chi connectivity index (χ2v) is 12.8. The normalized spacial score (nSPS) is 29.7. The predicted molar refractivity (Wildman–Crippen MR) is 169 cm³/mol. The number of carbonyl (C=O) groups is 4. The summed E-state index contributed by atoms with van der Waals surface area (Å²) in [5.41, 5.74) is 0.167. The maximum absolute atomic E-state index is 14.1. The Morgan fingerprint density at radius 3 is 2.72 bits per heavy atom. The van der Waals surface area contributed by atoms with Gasteiger partial charge in [0, 0.05) is 29.5 Å². The average Bonchev–Trinajstić information content (AvgIpc) is 3.32. The van der Waals surface area contributed by atoms with Gasteiger partial charge < -0.3 is 30.2 Å². The van der Waals surface area contributed by atoms with Crippen LogP contribution in [-0.2, 0) is 24.0 Å². The molecule has 244 valence electrons. The van der Waals surface area contributed by atoms with Crippen LogP contribution in [0.25, 0.3) is 10.9 Å². The van der Waals surface area contributed by atoms with E-state index < -0.39 is 47.6 Å². The number of alkyl carbamates (subject to hydrolysis) is 1. The van der Waals surface area contributed by atoms with E-state index in [0.717, 1.165) is 61.4 Å². The topological polar surface area (TPSA) is 160 Å². The molecule has 2 aliphatic heterocycles. The number of nitrogens with one attached hydrogen (secondary N) is 2. The van der Waals surface area contributed by atoms with Gasteiger partial charge in [0.2, 0.25) is 11.8 Å². The van der Waals surface area contributed by atoms with Gasteiger partial charge in [-0.1, -0.05) is 48.3 Å². The largest absolute Gasteiger partial charge is 0.479 e. The van der Waals surface area contributed by atoms with Crippen LogP contribution in [0.4, 0.5) is 4.79 Å². The number of ether oxygens (including phenoxy) is 1. The van der Waals surface area contributed by atoms with Crippen molar-refractivity contribution in [2.24, 2.45) is 11.1 Å². The zero-order valence-electron chi connectivity index (χ0n) is 25.8. The highest BCUT2D eigenvalue weighted by atomic mass is 16.6. The summed E-state index contributed by atoms with van der Waals surface area (Å²) in [5.74, 6) is -2.42. The van der Waals surface area contributed by atoms with Gasteiger partial charge in [-0.3, -0.25) is 14.6 Å². The molecule has 12 nitrogen and oxygen atoms in total. The van der Waals surface area contributed by atoms with Gasteiger partial charge in [-0.15, -0.1) is 0 Å². The molecule has 2 saturated carbocycles. The Balaban J connectivity index is 1.21. The first-order chi connectivity index (χ1) is 22.3. The number of aromatic nitrogens is 1. The summed E-state index contributed by atoms with van der Waals surface area (Å²) in [7, 11) is 0. The van der Waals surface area contributed by atoms with Gasteiger partial charge in [0.15, 0.2) is 0 Å². The lowest BCUT2D eigenvalue weighted by Crippen LogP contribution is -2.56. The van der Waals surface area contributed by atoms with Crippen molar-refractivity contribution < 1.29 is 33.9 Å². The summed E-state index contributed by atoms with van der Waals surface area (Å²) in [4.78, 5) is 64.7. The van der Waals surface area contributed by atoms with Crippen LogP contribution in [0, 0.1) is 5.92 Å². The molecule has 0 spiro atoms. The highest BCUT2D eigenvalue weighted by molar-refractivity contribution is 5.96. The summed E-state index contributed by atoms with van der Waals surface area (Å²) >= 11 is 0. The van der Waals surface area contributed by atoms with E-state index in [1.165, 1.54) is 11.1 Å². The van der Waals surface area contributed by atoms with Gasteiger partial charge in [0.25, 0.3) is 0 Å². The average molecular weight is 632 g/mol. The number of carboxylic acids is 1. The van der Waals surface area contributed by atoms with E-state index in [1.807, 2.05) is 42.5 Å². The van der Waals surface area contributed by atoms with Crippen LogP contribution >= 0.6 is 0 Å². The Morgan fingerprint density at radius 1 is 1.09 bits per heavy atom. The zero-order valence-corrected chi connectivity index (χ0v) is 25.8. The summed E-state index contributed by atoms with van der Waals surface area (Å²) in [6.45, 7) is 0.0451. The highest BCUT2D eigenvalue weighted by Gasteiger charge is 2.61. The molecule has 12 heteroatoms. The fourth-order valence-corrected chi connectivity index (χ4v) is 6.81. The van der Waals surface area contributed by atoms with Crippen LogP contribution in [0.2, 0.25) is 0 Å². The fourth-order valence-electron chi connectivity index (χ4n) is 6.81. The minimum atomic E-state index is -1.41. The number of rotatable bonds is 6. The van der Waals surface area contributed by atoms with Crippen molar-refractivity contribution in [1.82, 2.24) is 20.5 Å². The van der Waals surface area contributed by atoms with Gasteiger partial charge in [-0.25, -0.2) is 9.59 Å². The lowest BCUT2D eigenvalue weighted by molar-refractivity contribution is -0.145.